The second kappa shape index (κ2) is 5.65. The van der Waals surface area contributed by atoms with E-state index >= 15 is 0 Å². The zero-order valence-corrected chi connectivity index (χ0v) is 11.6. The third-order valence-electron chi connectivity index (χ3n) is 2.07. The second-order valence-corrected chi connectivity index (χ2v) is 8.87. The van der Waals surface area contributed by atoms with Crippen molar-refractivity contribution < 1.29 is 17.7 Å². The first-order valence-corrected chi connectivity index (χ1v) is 8.83. The molecule has 0 rings (SSSR count). The molecular formula is C8H18O4Si2. The summed E-state index contributed by atoms with van der Waals surface area (Å²) in [7, 11) is 1.75. The van der Waals surface area contributed by atoms with Crippen LogP contribution in [-0.4, -0.2) is 45.6 Å². The SMILES string of the molecule is CO[Si](C)(C#C[Si](C)(OC)OC)OC. The highest BCUT2D eigenvalue weighted by Gasteiger charge is 2.31. The molecule has 14 heavy (non-hydrogen) atoms. The van der Waals surface area contributed by atoms with E-state index in [1.165, 1.54) is 0 Å². The van der Waals surface area contributed by atoms with Gasteiger partial charge in [0, 0.05) is 28.4 Å². The van der Waals surface area contributed by atoms with Crippen molar-refractivity contribution in [1.82, 2.24) is 0 Å². The van der Waals surface area contributed by atoms with Crippen LogP contribution in [0.5, 0.6) is 0 Å². The van der Waals surface area contributed by atoms with E-state index in [-0.39, 0.29) is 0 Å². The molecule has 0 saturated heterocycles. The molecule has 0 saturated carbocycles. The Bertz CT molecular complexity index is 203. The highest BCUT2D eigenvalue weighted by molar-refractivity contribution is 6.80. The maximum atomic E-state index is 5.23. The summed E-state index contributed by atoms with van der Waals surface area (Å²) in [4.78, 5) is 0. The molecule has 0 heterocycles. The molecule has 0 radical (unpaired) electrons. The summed E-state index contributed by atoms with van der Waals surface area (Å²) in [6.45, 7) is 3.75. The van der Waals surface area contributed by atoms with Gasteiger partial charge in [0.25, 0.3) is 0 Å². The van der Waals surface area contributed by atoms with Gasteiger partial charge in [0.15, 0.2) is 0 Å². The summed E-state index contributed by atoms with van der Waals surface area (Å²) in [6.07, 6.45) is 0. The van der Waals surface area contributed by atoms with Crippen molar-refractivity contribution in [3.63, 3.8) is 0 Å². The van der Waals surface area contributed by atoms with Crippen LogP contribution in [0.3, 0.4) is 0 Å². The Morgan fingerprint density at radius 2 is 0.857 bits per heavy atom. The third-order valence-corrected chi connectivity index (χ3v) is 6.60. The molecule has 0 unspecified atom stereocenters. The Morgan fingerprint density at radius 3 is 1.00 bits per heavy atom. The number of hydrogen-bond donors (Lipinski definition) is 0. The fourth-order valence-electron chi connectivity index (χ4n) is 0.598. The van der Waals surface area contributed by atoms with Crippen molar-refractivity contribution >= 4 is 17.1 Å². The molecule has 82 valence electrons. The van der Waals surface area contributed by atoms with Crippen LogP contribution in [0.15, 0.2) is 0 Å². The monoisotopic (exact) mass is 234 g/mol. The van der Waals surface area contributed by atoms with E-state index in [2.05, 4.69) is 11.1 Å². The molecule has 0 aliphatic rings. The maximum Gasteiger partial charge on any atom is 0.419 e. The molecule has 0 aromatic carbocycles. The summed E-state index contributed by atoms with van der Waals surface area (Å²) in [5.74, 6) is 0. The van der Waals surface area contributed by atoms with Crippen LogP contribution in [0.2, 0.25) is 13.1 Å². The van der Waals surface area contributed by atoms with Crippen LogP contribution in [0.4, 0.5) is 0 Å². The zero-order chi connectivity index (χ0) is 11.2. The summed E-state index contributed by atoms with van der Waals surface area (Å²) in [5.41, 5.74) is 5.99. The van der Waals surface area contributed by atoms with E-state index in [1.807, 2.05) is 13.1 Å². The first-order chi connectivity index (χ1) is 6.45. The van der Waals surface area contributed by atoms with Gasteiger partial charge in [-0.25, -0.2) is 0 Å². The minimum atomic E-state index is -2.33. The molecule has 0 fully saturated rings. The van der Waals surface area contributed by atoms with Crippen molar-refractivity contribution in [1.29, 1.82) is 0 Å². The molecule has 0 amide bonds. The van der Waals surface area contributed by atoms with Crippen molar-refractivity contribution in [3.05, 3.63) is 0 Å². The molecule has 0 aromatic rings. The molecule has 0 aliphatic carbocycles. The van der Waals surface area contributed by atoms with Crippen molar-refractivity contribution in [2.24, 2.45) is 0 Å². The van der Waals surface area contributed by atoms with E-state index < -0.39 is 17.1 Å². The lowest BCUT2D eigenvalue weighted by Crippen LogP contribution is -2.39. The van der Waals surface area contributed by atoms with Gasteiger partial charge in [-0.2, -0.15) is 0 Å². The van der Waals surface area contributed by atoms with Gasteiger partial charge in [-0.1, -0.05) is 11.1 Å². The van der Waals surface area contributed by atoms with Crippen molar-refractivity contribution in [2.45, 2.75) is 13.1 Å². The van der Waals surface area contributed by atoms with E-state index in [0.29, 0.717) is 0 Å². The van der Waals surface area contributed by atoms with Gasteiger partial charge in [-0.3, -0.25) is 0 Å². The van der Waals surface area contributed by atoms with Crippen LogP contribution in [0.25, 0.3) is 0 Å². The largest absolute Gasteiger partial charge is 0.419 e. The summed E-state index contributed by atoms with van der Waals surface area (Å²) < 4.78 is 20.9. The van der Waals surface area contributed by atoms with Gasteiger partial charge in [-0.05, 0) is 13.1 Å². The quantitative estimate of drug-likeness (QED) is 0.532. The third kappa shape index (κ3) is 3.92. The minimum absolute atomic E-state index is 1.60. The highest BCUT2D eigenvalue weighted by atomic mass is 28.4. The van der Waals surface area contributed by atoms with Gasteiger partial charge in [-0.15, -0.1) is 0 Å². The van der Waals surface area contributed by atoms with Gasteiger partial charge < -0.3 is 17.7 Å². The summed E-state index contributed by atoms with van der Waals surface area (Å²) in [6, 6.07) is 0. The van der Waals surface area contributed by atoms with Crippen LogP contribution in [0, 0.1) is 11.1 Å². The lowest BCUT2D eigenvalue weighted by molar-refractivity contribution is 0.263. The predicted octanol–water partition coefficient (Wildman–Crippen LogP) is 0.798. The Hall–Kier alpha value is -0.166. The topological polar surface area (TPSA) is 36.9 Å². The molecule has 6 heteroatoms. The normalized spacial score (nSPS) is 12.1. The summed E-state index contributed by atoms with van der Waals surface area (Å²) >= 11 is 0. The predicted molar refractivity (Wildman–Crippen MR) is 59.0 cm³/mol. The van der Waals surface area contributed by atoms with Crippen LogP contribution < -0.4 is 0 Å². The van der Waals surface area contributed by atoms with Gasteiger partial charge in [0.2, 0.25) is 0 Å². The summed E-state index contributed by atoms with van der Waals surface area (Å²) in [5, 5.41) is 0. The van der Waals surface area contributed by atoms with E-state index in [0.717, 1.165) is 0 Å². The van der Waals surface area contributed by atoms with E-state index in [9.17, 15) is 0 Å². The lowest BCUT2D eigenvalue weighted by atomic mass is 11.4. The van der Waals surface area contributed by atoms with Gasteiger partial charge in [0.1, 0.15) is 0 Å². The average molecular weight is 234 g/mol. The first kappa shape index (κ1) is 13.8. The van der Waals surface area contributed by atoms with Gasteiger partial charge >= 0.3 is 17.1 Å². The molecule has 0 atom stereocenters. The highest BCUT2D eigenvalue weighted by Crippen LogP contribution is 2.05. The molecule has 4 nitrogen and oxygen atoms in total. The Morgan fingerprint density at radius 1 is 0.643 bits per heavy atom. The van der Waals surface area contributed by atoms with Crippen LogP contribution in [-0.2, 0) is 17.7 Å². The molecular weight excluding hydrogens is 216 g/mol. The van der Waals surface area contributed by atoms with Crippen LogP contribution in [0.1, 0.15) is 0 Å². The van der Waals surface area contributed by atoms with Gasteiger partial charge in [0.05, 0.1) is 0 Å². The van der Waals surface area contributed by atoms with Crippen molar-refractivity contribution in [3.8, 4) is 11.1 Å². The maximum absolute atomic E-state index is 5.23. The number of rotatable bonds is 4. The molecule has 0 aromatic heterocycles. The Labute approximate surface area is 88.0 Å². The van der Waals surface area contributed by atoms with E-state index in [1.54, 1.807) is 28.4 Å². The minimum Gasteiger partial charge on any atom is -0.389 e. The zero-order valence-electron chi connectivity index (χ0n) is 9.63. The molecule has 0 spiro atoms. The Kier molecular flexibility index (Phi) is 5.58. The smallest absolute Gasteiger partial charge is 0.389 e. The fraction of sp³-hybridized carbons (Fsp3) is 0.750. The van der Waals surface area contributed by atoms with Crippen LogP contribution >= 0.6 is 0 Å². The first-order valence-electron chi connectivity index (χ1n) is 4.20. The standard InChI is InChI=1S/C8H18O4Si2/c1-9-13(5,10-2)7-8-14(6,11-3)12-4/h1-6H3. The second-order valence-electron chi connectivity index (χ2n) is 2.96. The molecule has 0 N–H and O–H groups in total. The molecule has 0 aliphatic heterocycles. The van der Waals surface area contributed by atoms with E-state index in [4.69, 9.17) is 17.7 Å². The van der Waals surface area contributed by atoms with Crippen molar-refractivity contribution in [2.75, 3.05) is 28.4 Å². The number of hydrogen-bond acceptors (Lipinski definition) is 4. The fourth-order valence-corrected chi connectivity index (χ4v) is 3.16. The molecule has 0 bridgehead atoms. The average Bonchev–Trinajstić information content (AvgIpc) is 2.25. The lowest BCUT2D eigenvalue weighted by Gasteiger charge is -2.18. The Balaban J connectivity index is 4.69.